The highest BCUT2D eigenvalue weighted by Gasteiger charge is 2.11. The number of aliphatic hydroxyl groups excluding tert-OH is 1. The lowest BCUT2D eigenvalue weighted by atomic mass is 10.1. The van der Waals surface area contributed by atoms with Gasteiger partial charge >= 0.3 is 0 Å². The van der Waals surface area contributed by atoms with Gasteiger partial charge in [0.2, 0.25) is 0 Å². The topological polar surface area (TPSA) is 56.5 Å². The highest BCUT2D eigenvalue weighted by Crippen LogP contribution is 2.24. The zero-order valence-corrected chi connectivity index (χ0v) is 12.0. The zero-order valence-electron chi connectivity index (χ0n) is 12.0. The molecule has 2 aromatic carbocycles. The lowest BCUT2D eigenvalue weighted by Gasteiger charge is -2.25. The summed E-state index contributed by atoms with van der Waals surface area (Å²) in [5.74, 6) is 0.688. The minimum Gasteiger partial charge on any atom is -0.496 e. The van der Waals surface area contributed by atoms with Crippen molar-refractivity contribution < 1.29 is 9.84 Å². The lowest BCUT2D eigenvalue weighted by molar-refractivity contribution is 0.301. The molecule has 0 spiro atoms. The molecule has 4 nitrogen and oxygen atoms in total. The van der Waals surface area contributed by atoms with Crippen molar-refractivity contribution in [2.75, 3.05) is 25.2 Å². The first kappa shape index (κ1) is 14.9. The quantitative estimate of drug-likeness (QED) is 0.884. The van der Waals surface area contributed by atoms with E-state index in [1.807, 2.05) is 36.4 Å². The molecule has 0 unspecified atom stereocenters. The molecule has 0 aliphatic rings. The molecule has 2 aromatic rings. The first-order chi connectivity index (χ1) is 10.3. The van der Waals surface area contributed by atoms with Gasteiger partial charge in [0.1, 0.15) is 5.75 Å². The van der Waals surface area contributed by atoms with Crippen molar-refractivity contribution in [3.8, 4) is 11.8 Å². The van der Waals surface area contributed by atoms with E-state index in [-0.39, 0.29) is 6.61 Å². The fourth-order valence-corrected chi connectivity index (χ4v) is 2.21. The van der Waals surface area contributed by atoms with E-state index >= 15 is 0 Å². The van der Waals surface area contributed by atoms with Crippen LogP contribution in [0.15, 0.2) is 48.5 Å². The number of hydrogen-bond donors (Lipinski definition) is 1. The average Bonchev–Trinajstić information content (AvgIpc) is 2.55. The van der Waals surface area contributed by atoms with Gasteiger partial charge in [0.05, 0.1) is 25.3 Å². The molecular formula is C17H18N2O2. The Morgan fingerprint density at radius 1 is 1.19 bits per heavy atom. The van der Waals surface area contributed by atoms with E-state index in [9.17, 15) is 5.11 Å². The first-order valence-electron chi connectivity index (χ1n) is 6.76. The molecule has 0 aliphatic heterocycles. The van der Waals surface area contributed by atoms with Crippen LogP contribution in [0.25, 0.3) is 0 Å². The third kappa shape index (κ3) is 3.74. The van der Waals surface area contributed by atoms with Gasteiger partial charge in [0, 0.05) is 24.3 Å². The predicted molar refractivity (Wildman–Crippen MR) is 82.3 cm³/mol. The van der Waals surface area contributed by atoms with Crippen molar-refractivity contribution in [2.24, 2.45) is 0 Å². The largest absolute Gasteiger partial charge is 0.496 e. The Bertz CT molecular complexity index is 620. The molecule has 108 valence electrons. The van der Waals surface area contributed by atoms with Crippen LogP contribution in [0.1, 0.15) is 11.1 Å². The first-order valence-corrected chi connectivity index (χ1v) is 6.76. The van der Waals surface area contributed by atoms with Crippen LogP contribution in [-0.4, -0.2) is 25.4 Å². The van der Waals surface area contributed by atoms with Gasteiger partial charge in [-0.15, -0.1) is 0 Å². The number of aliphatic hydroxyl groups is 1. The van der Waals surface area contributed by atoms with Gasteiger partial charge in [-0.25, -0.2) is 0 Å². The molecule has 21 heavy (non-hydrogen) atoms. The van der Waals surface area contributed by atoms with Gasteiger partial charge in [-0.3, -0.25) is 0 Å². The van der Waals surface area contributed by atoms with Crippen LogP contribution in [0.3, 0.4) is 0 Å². The Hall–Kier alpha value is -2.51. The Morgan fingerprint density at radius 3 is 2.57 bits per heavy atom. The average molecular weight is 282 g/mol. The maximum atomic E-state index is 9.27. The van der Waals surface area contributed by atoms with E-state index in [2.05, 4.69) is 11.0 Å². The van der Waals surface area contributed by atoms with Gasteiger partial charge in [-0.2, -0.15) is 5.26 Å². The van der Waals surface area contributed by atoms with E-state index in [0.29, 0.717) is 24.4 Å². The maximum Gasteiger partial charge on any atom is 0.125 e. The summed E-state index contributed by atoms with van der Waals surface area (Å²) in [5.41, 5.74) is 2.59. The fourth-order valence-electron chi connectivity index (χ4n) is 2.21. The summed E-state index contributed by atoms with van der Waals surface area (Å²) in [7, 11) is 1.60. The molecule has 0 aromatic heterocycles. The van der Waals surface area contributed by atoms with E-state index in [0.717, 1.165) is 11.3 Å². The van der Waals surface area contributed by atoms with Gasteiger partial charge in [-0.1, -0.05) is 24.3 Å². The molecule has 2 rings (SSSR count). The number of nitrogens with zero attached hydrogens (tertiary/aromatic N) is 2. The molecule has 0 bridgehead atoms. The van der Waals surface area contributed by atoms with E-state index in [1.54, 1.807) is 19.2 Å². The third-order valence-electron chi connectivity index (χ3n) is 3.27. The van der Waals surface area contributed by atoms with Gasteiger partial charge in [0.25, 0.3) is 0 Å². The van der Waals surface area contributed by atoms with Crippen LogP contribution >= 0.6 is 0 Å². The minimum absolute atomic E-state index is 0.0769. The molecule has 0 amide bonds. The number of hydrogen-bond acceptors (Lipinski definition) is 4. The number of rotatable bonds is 6. The molecule has 0 atom stereocenters. The number of benzene rings is 2. The molecule has 0 saturated carbocycles. The monoisotopic (exact) mass is 282 g/mol. The third-order valence-corrected chi connectivity index (χ3v) is 3.27. The molecule has 0 heterocycles. The summed E-state index contributed by atoms with van der Waals surface area (Å²) in [6.07, 6.45) is 0. The second-order valence-corrected chi connectivity index (χ2v) is 4.62. The fraction of sp³-hybridized carbons (Fsp3) is 0.235. The minimum atomic E-state index is 0.0769. The predicted octanol–water partition coefficient (Wildman–Crippen LogP) is 2.57. The summed E-state index contributed by atoms with van der Waals surface area (Å²) >= 11 is 0. The van der Waals surface area contributed by atoms with Crippen LogP contribution < -0.4 is 9.64 Å². The normalized spacial score (nSPS) is 9.95. The molecular weight excluding hydrogens is 264 g/mol. The molecule has 0 saturated heterocycles. The maximum absolute atomic E-state index is 9.27. The number of ether oxygens (including phenoxy) is 1. The smallest absolute Gasteiger partial charge is 0.125 e. The number of para-hydroxylation sites is 1. The van der Waals surface area contributed by atoms with Crippen molar-refractivity contribution in [3.05, 3.63) is 59.7 Å². The van der Waals surface area contributed by atoms with Crippen LogP contribution in [-0.2, 0) is 6.54 Å². The zero-order chi connectivity index (χ0) is 15.1. The summed E-state index contributed by atoms with van der Waals surface area (Å²) in [5, 5.41) is 18.2. The SMILES string of the molecule is COc1cc(C#N)ccc1CN(CCO)c1ccccc1. The highest BCUT2D eigenvalue weighted by molar-refractivity contribution is 5.49. The summed E-state index contributed by atoms with van der Waals surface area (Å²) in [4.78, 5) is 2.07. The highest BCUT2D eigenvalue weighted by atomic mass is 16.5. The molecule has 0 aliphatic carbocycles. The molecule has 0 radical (unpaired) electrons. The van der Waals surface area contributed by atoms with Crippen molar-refractivity contribution in [3.63, 3.8) is 0 Å². The van der Waals surface area contributed by atoms with Crippen molar-refractivity contribution in [2.45, 2.75) is 6.54 Å². The number of anilines is 1. The summed E-state index contributed by atoms with van der Waals surface area (Å²) in [6, 6.07) is 17.4. The van der Waals surface area contributed by atoms with E-state index < -0.39 is 0 Å². The van der Waals surface area contributed by atoms with Crippen LogP contribution in [0, 0.1) is 11.3 Å². The van der Waals surface area contributed by atoms with Gasteiger partial charge < -0.3 is 14.7 Å². The Balaban J connectivity index is 2.27. The molecule has 1 N–H and O–H groups in total. The van der Waals surface area contributed by atoms with Crippen LogP contribution in [0.4, 0.5) is 5.69 Å². The molecule has 4 heteroatoms. The van der Waals surface area contributed by atoms with Gasteiger partial charge in [0.15, 0.2) is 0 Å². The van der Waals surface area contributed by atoms with Crippen molar-refractivity contribution in [1.82, 2.24) is 0 Å². The Morgan fingerprint density at radius 2 is 1.95 bits per heavy atom. The number of methoxy groups -OCH3 is 1. The standard InChI is InChI=1S/C17H18N2O2/c1-21-17-11-14(12-18)7-8-15(17)13-19(9-10-20)16-5-3-2-4-6-16/h2-8,11,20H,9-10,13H2,1H3. The van der Waals surface area contributed by atoms with Crippen molar-refractivity contribution in [1.29, 1.82) is 5.26 Å². The second-order valence-electron chi connectivity index (χ2n) is 4.62. The number of nitriles is 1. The van der Waals surface area contributed by atoms with Crippen molar-refractivity contribution >= 4 is 5.69 Å². The molecule has 0 fully saturated rings. The lowest BCUT2D eigenvalue weighted by Crippen LogP contribution is -2.26. The summed E-state index contributed by atoms with van der Waals surface area (Å²) < 4.78 is 5.36. The van der Waals surface area contributed by atoms with Crippen LogP contribution in [0.5, 0.6) is 5.75 Å². The summed E-state index contributed by atoms with van der Waals surface area (Å²) in [6.45, 7) is 1.22. The Labute approximate surface area is 124 Å². The Kier molecular flexibility index (Phi) is 5.19. The van der Waals surface area contributed by atoms with Crippen LogP contribution in [0.2, 0.25) is 0 Å². The van der Waals surface area contributed by atoms with E-state index in [1.165, 1.54) is 0 Å². The van der Waals surface area contributed by atoms with E-state index in [4.69, 9.17) is 10.00 Å². The van der Waals surface area contributed by atoms with Gasteiger partial charge in [-0.05, 0) is 24.3 Å². The second kappa shape index (κ2) is 7.32.